The van der Waals surface area contributed by atoms with Crippen LogP contribution in [0.15, 0.2) is 36.4 Å². The highest BCUT2D eigenvalue weighted by Crippen LogP contribution is 2.33. The van der Waals surface area contributed by atoms with Gasteiger partial charge in [-0.3, -0.25) is 0 Å². The molecule has 3 aromatic rings. The summed E-state index contributed by atoms with van der Waals surface area (Å²) in [4.78, 5) is 0. The lowest BCUT2D eigenvalue weighted by Crippen LogP contribution is -1.97. The fourth-order valence-electron chi connectivity index (χ4n) is 2.47. The van der Waals surface area contributed by atoms with Crippen LogP contribution < -0.4 is 0 Å². The van der Waals surface area contributed by atoms with Gasteiger partial charge in [0.25, 0.3) is 0 Å². The molecule has 1 heterocycles. The molecule has 0 atom stereocenters. The first-order chi connectivity index (χ1) is 9.58. The quantitative estimate of drug-likeness (QED) is 0.647. The largest absolute Gasteiger partial charge is 0.206 e. The topological polar surface area (TPSA) is 25.8 Å². The zero-order chi connectivity index (χ0) is 14.3. The van der Waals surface area contributed by atoms with Crippen molar-refractivity contribution in [2.24, 2.45) is 0 Å². The van der Waals surface area contributed by atoms with Gasteiger partial charge in [-0.25, -0.2) is 4.39 Å². The summed E-state index contributed by atoms with van der Waals surface area (Å²) in [6, 6.07) is 10.9. The number of aryl methyl sites for hydroxylation is 2. The van der Waals surface area contributed by atoms with Crippen molar-refractivity contribution < 1.29 is 4.39 Å². The molecule has 20 heavy (non-hydrogen) atoms. The lowest BCUT2D eigenvalue weighted by molar-refractivity contribution is 0.628. The summed E-state index contributed by atoms with van der Waals surface area (Å²) in [6.45, 7) is 3.74. The molecule has 0 spiro atoms. The van der Waals surface area contributed by atoms with E-state index in [9.17, 15) is 4.39 Å². The second-order valence-electron chi connectivity index (χ2n) is 4.82. The number of benzene rings is 2. The van der Waals surface area contributed by atoms with Crippen molar-refractivity contribution >= 4 is 22.4 Å². The van der Waals surface area contributed by atoms with Gasteiger partial charge in [0.2, 0.25) is 0 Å². The van der Waals surface area contributed by atoms with Crippen molar-refractivity contribution in [1.82, 2.24) is 10.2 Å². The van der Waals surface area contributed by atoms with Crippen molar-refractivity contribution in [3.63, 3.8) is 0 Å². The molecule has 3 rings (SSSR count). The number of rotatable bonds is 1. The molecule has 0 aliphatic carbocycles. The lowest BCUT2D eigenvalue weighted by atomic mass is 9.98. The van der Waals surface area contributed by atoms with Gasteiger partial charge in [0.15, 0.2) is 5.15 Å². The average molecular weight is 287 g/mol. The Labute approximate surface area is 121 Å². The molecule has 0 unspecified atom stereocenters. The molecule has 0 aliphatic rings. The minimum atomic E-state index is -0.288. The third-order valence-corrected chi connectivity index (χ3v) is 3.59. The SMILES string of the molecule is Cc1cc(C)c(-c2nnc(Cl)c3ccccc23)c(F)c1. The fourth-order valence-corrected chi connectivity index (χ4v) is 2.67. The van der Waals surface area contributed by atoms with Gasteiger partial charge in [-0.15, -0.1) is 10.2 Å². The molecule has 0 saturated carbocycles. The standard InChI is InChI=1S/C16H12ClFN2/c1-9-7-10(2)14(13(18)8-9)15-11-5-3-4-6-12(11)16(17)20-19-15/h3-8H,1-2H3. The van der Waals surface area contributed by atoms with Crippen LogP contribution in [-0.2, 0) is 0 Å². The van der Waals surface area contributed by atoms with Gasteiger partial charge < -0.3 is 0 Å². The fraction of sp³-hybridized carbons (Fsp3) is 0.125. The van der Waals surface area contributed by atoms with Crippen LogP contribution in [0.3, 0.4) is 0 Å². The molecule has 1 aromatic heterocycles. The number of halogens is 2. The molecule has 4 heteroatoms. The Morgan fingerprint density at radius 3 is 2.40 bits per heavy atom. The van der Waals surface area contributed by atoms with E-state index in [0.717, 1.165) is 21.9 Å². The van der Waals surface area contributed by atoms with E-state index < -0.39 is 0 Å². The molecule has 0 bridgehead atoms. The minimum absolute atomic E-state index is 0.288. The van der Waals surface area contributed by atoms with Gasteiger partial charge in [-0.2, -0.15) is 0 Å². The Bertz CT molecular complexity index is 792. The van der Waals surface area contributed by atoms with Crippen molar-refractivity contribution in [1.29, 1.82) is 0 Å². The molecular formula is C16H12ClFN2. The highest BCUT2D eigenvalue weighted by molar-refractivity contribution is 6.34. The smallest absolute Gasteiger partial charge is 0.159 e. The van der Waals surface area contributed by atoms with Gasteiger partial charge in [0.05, 0.1) is 0 Å². The van der Waals surface area contributed by atoms with E-state index in [4.69, 9.17) is 11.6 Å². The monoisotopic (exact) mass is 286 g/mol. The second-order valence-corrected chi connectivity index (χ2v) is 5.18. The molecule has 2 aromatic carbocycles. The van der Waals surface area contributed by atoms with E-state index in [1.165, 1.54) is 6.07 Å². The Kier molecular flexibility index (Phi) is 3.14. The first-order valence-electron chi connectivity index (χ1n) is 6.26. The van der Waals surface area contributed by atoms with Crippen LogP contribution in [0.5, 0.6) is 0 Å². The summed E-state index contributed by atoms with van der Waals surface area (Å²) in [6.07, 6.45) is 0. The number of aromatic nitrogens is 2. The molecule has 0 fully saturated rings. The predicted octanol–water partition coefficient (Wildman–Crippen LogP) is 4.71. The molecule has 0 N–H and O–H groups in total. The van der Waals surface area contributed by atoms with E-state index in [0.29, 0.717) is 16.4 Å². The summed E-state index contributed by atoms with van der Waals surface area (Å²) in [5.41, 5.74) is 2.73. The Morgan fingerprint density at radius 2 is 1.70 bits per heavy atom. The van der Waals surface area contributed by atoms with Crippen molar-refractivity contribution in [2.45, 2.75) is 13.8 Å². The Morgan fingerprint density at radius 1 is 1.00 bits per heavy atom. The minimum Gasteiger partial charge on any atom is -0.206 e. The van der Waals surface area contributed by atoms with E-state index >= 15 is 0 Å². The maximum absolute atomic E-state index is 14.3. The summed E-state index contributed by atoms with van der Waals surface area (Å²) in [5, 5.41) is 9.95. The highest BCUT2D eigenvalue weighted by Gasteiger charge is 2.15. The van der Waals surface area contributed by atoms with E-state index in [2.05, 4.69) is 10.2 Å². The van der Waals surface area contributed by atoms with Crippen molar-refractivity contribution in [2.75, 3.05) is 0 Å². The average Bonchev–Trinajstić information content (AvgIpc) is 2.40. The maximum Gasteiger partial charge on any atom is 0.159 e. The van der Waals surface area contributed by atoms with Gasteiger partial charge in [-0.05, 0) is 31.0 Å². The molecule has 2 nitrogen and oxygen atoms in total. The van der Waals surface area contributed by atoms with Crippen LogP contribution in [0.2, 0.25) is 5.15 Å². The maximum atomic E-state index is 14.3. The van der Waals surface area contributed by atoms with Crippen LogP contribution >= 0.6 is 11.6 Å². The zero-order valence-electron chi connectivity index (χ0n) is 11.1. The first-order valence-corrected chi connectivity index (χ1v) is 6.64. The van der Waals surface area contributed by atoms with Crippen LogP contribution in [-0.4, -0.2) is 10.2 Å². The summed E-state index contributed by atoms with van der Waals surface area (Å²) >= 11 is 6.05. The van der Waals surface area contributed by atoms with Gasteiger partial charge >= 0.3 is 0 Å². The van der Waals surface area contributed by atoms with E-state index in [1.807, 2.05) is 44.2 Å². The van der Waals surface area contributed by atoms with Gasteiger partial charge in [0, 0.05) is 16.3 Å². The zero-order valence-corrected chi connectivity index (χ0v) is 11.9. The van der Waals surface area contributed by atoms with Crippen molar-refractivity contribution in [3.05, 3.63) is 58.5 Å². The number of fused-ring (bicyclic) bond motifs is 1. The van der Waals surface area contributed by atoms with Gasteiger partial charge in [-0.1, -0.05) is 41.9 Å². The summed E-state index contributed by atoms with van der Waals surface area (Å²) in [5.74, 6) is -0.288. The van der Waals surface area contributed by atoms with Crippen LogP contribution in [0, 0.1) is 19.7 Å². The third kappa shape index (κ3) is 2.04. The molecule has 0 amide bonds. The summed E-state index contributed by atoms with van der Waals surface area (Å²) in [7, 11) is 0. The molecule has 0 saturated heterocycles. The molecular weight excluding hydrogens is 275 g/mol. The Hall–Kier alpha value is -2.00. The predicted molar refractivity (Wildman–Crippen MR) is 79.4 cm³/mol. The lowest BCUT2D eigenvalue weighted by Gasteiger charge is -2.10. The molecule has 0 aliphatic heterocycles. The van der Waals surface area contributed by atoms with Crippen LogP contribution in [0.4, 0.5) is 4.39 Å². The van der Waals surface area contributed by atoms with Crippen LogP contribution in [0.25, 0.3) is 22.0 Å². The second kappa shape index (κ2) is 4.84. The summed E-state index contributed by atoms with van der Waals surface area (Å²) < 4.78 is 14.3. The third-order valence-electron chi connectivity index (χ3n) is 3.31. The number of hydrogen-bond donors (Lipinski definition) is 0. The highest BCUT2D eigenvalue weighted by atomic mass is 35.5. The van der Waals surface area contributed by atoms with Crippen LogP contribution in [0.1, 0.15) is 11.1 Å². The normalized spacial score (nSPS) is 11.0. The van der Waals surface area contributed by atoms with Gasteiger partial charge in [0.1, 0.15) is 11.5 Å². The van der Waals surface area contributed by atoms with E-state index in [-0.39, 0.29) is 5.82 Å². The number of hydrogen-bond acceptors (Lipinski definition) is 2. The molecule has 0 radical (unpaired) electrons. The number of nitrogens with zero attached hydrogens (tertiary/aromatic N) is 2. The van der Waals surface area contributed by atoms with E-state index in [1.54, 1.807) is 0 Å². The Balaban J connectivity index is 2.39. The molecule has 100 valence electrons. The van der Waals surface area contributed by atoms with Crippen molar-refractivity contribution in [3.8, 4) is 11.3 Å². The first kappa shape index (κ1) is 13.0.